The Kier molecular flexibility index (Phi) is 4.16. The zero-order valence-corrected chi connectivity index (χ0v) is 9.89. The smallest absolute Gasteiger partial charge is 0.194 e. The van der Waals surface area contributed by atoms with Gasteiger partial charge in [-0.05, 0) is 23.8 Å². The number of benzene rings is 2. The summed E-state index contributed by atoms with van der Waals surface area (Å²) >= 11 is 0. The number of halogens is 4. The predicted molar refractivity (Wildman–Crippen MR) is 63.3 cm³/mol. The van der Waals surface area contributed by atoms with E-state index in [0.717, 1.165) is 12.1 Å². The van der Waals surface area contributed by atoms with Crippen LogP contribution in [-0.4, -0.2) is 0 Å². The molecule has 0 aromatic heterocycles. The quantitative estimate of drug-likeness (QED) is 0.661. The van der Waals surface area contributed by atoms with E-state index >= 15 is 0 Å². The molecule has 0 atom stereocenters. The highest BCUT2D eigenvalue weighted by molar-refractivity contribution is 5.20. The van der Waals surface area contributed by atoms with Crippen molar-refractivity contribution < 1.29 is 17.6 Å². The third-order valence-electron chi connectivity index (χ3n) is 2.65. The van der Waals surface area contributed by atoms with E-state index < -0.39 is 17.5 Å². The normalized spacial score (nSPS) is 10.7. The van der Waals surface area contributed by atoms with Gasteiger partial charge in [-0.3, -0.25) is 0 Å². The maximum absolute atomic E-state index is 13.3. The average molecular weight is 269 g/mol. The Labute approximate surface area is 107 Å². The van der Waals surface area contributed by atoms with E-state index in [0.29, 0.717) is 5.56 Å². The van der Waals surface area contributed by atoms with E-state index in [1.54, 1.807) is 18.2 Å². The molecule has 5 heteroatoms. The van der Waals surface area contributed by atoms with Gasteiger partial charge in [0.25, 0.3) is 0 Å². The van der Waals surface area contributed by atoms with Gasteiger partial charge < -0.3 is 5.32 Å². The van der Waals surface area contributed by atoms with Crippen molar-refractivity contribution in [1.29, 1.82) is 0 Å². The molecule has 0 aliphatic heterocycles. The molecule has 0 unspecified atom stereocenters. The zero-order valence-electron chi connectivity index (χ0n) is 9.89. The van der Waals surface area contributed by atoms with Crippen LogP contribution < -0.4 is 5.32 Å². The standard InChI is InChI=1S/C14H11F4N/c15-11-4-2-1-3-10(11)8-19-7-9-5-12(16)14(18)13(17)6-9/h1-6,19H,7-8H2. The minimum absolute atomic E-state index is 0.114. The van der Waals surface area contributed by atoms with Crippen molar-refractivity contribution in [2.75, 3.05) is 0 Å². The molecule has 0 aliphatic carbocycles. The molecule has 0 heterocycles. The van der Waals surface area contributed by atoms with E-state index in [4.69, 9.17) is 0 Å². The van der Waals surface area contributed by atoms with Crippen molar-refractivity contribution in [2.45, 2.75) is 13.1 Å². The van der Waals surface area contributed by atoms with Gasteiger partial charge in [-0.1, -0.05) is 18.2 Å². The first-order valence-electron chi connectivity index (χ1n) is 5.65. The lowest BCUT2D eigenvalue weighted by Crippen LogP contribution is -2.14. The largest absolute Gasteiger partial charge is 0.309 e. The van der Waals surface area contributed by atoms with Crippen molar-refractivity contribution in [1.82, 2.24) is 5.32 Å². The molecule has 1 N–H and O–H groups in total. The number of rotatable bonds is 4. The molecule has 2 rings (SSSR count). The highest BCUT2D eigenvalue weighted by atomic mass is 19.2. The topological polar surface area (TPSA) is 12.0 Å². The first kappa shape index (κ1) is 13.5. The van der Waals surface area contributed by atoms with Gasteiger partial charge in [0.2, 0.25) is 0 Å². The fraction of sp³-hybridized carbons (Fsp3) is 0.143. The van der Waals surface area contributed by atoms with Gasteiger partial charge in [0.05, 0.1) is 0 Å². The first-order valence-corrected chi connectivity index (χ1v) is 5.65. The van der Waals surface area contributed by atoms with Gasteiger partial charge in [0.15, 0.2) is 17.5 Å². The van der Waals surface area contributed by atoms with Crippen LogP contribution in [0.1, 0.15) is 11.1 Å². The zero-order chi connectivity index (χ0) is 13.8. The van der Waals surface area contributed by atoms with Gasteiger partial charge in [-0.15, -0.1) is 0 Å². The van der Waals surface area contributed by atoms with Crippen LogP contribution in [0, 0.1) is 23.3 Å². The Morgan fingerprint density at radius 1 is 0.789 bits per heavy atom. The summed E-state index contributed by atoms with van der Waals surface area (Å²) in [6, 6.07) is 8.02. The summed E-state index contributed by atoms with van der Waals surface area (Å²) in [5.74, 6) is -4.31. The molecule has 0 bridgehead atoms. The van der Waals surface area contributed by atoms with Gasteiger partial charge in [0.1, 0.15) is 5.82 Å². The van der Waals surface area contributed by atoms with Gasteiger partial charge >= 0.3 is 0 Å². The summed E-state index contributed by atoms with van der Waals surface area (Å²) in [7, 11) is 0. The van der Waals surface area contributed by atoms with E-state index in [-0.39, 0.29) is 24.5 Å². The molecule has 2 aromatic carbocycles. The fourth-order valence-electron chi connectivity index (χ4n) is 1.69. The Hall–Kier alpha value is -1.88. The first-order chi connectivity index (χ1) is 9.08. The second-order valence-corrected chi connectivity index (χ2v) is 4.07. The van der Waals surface area contributed by atoms with Gasteiger partial charge in [0, 0.05) is 18.7 Å². The lowest BCUT2D eigenvalue weighted by atomic mass is 10.2. The van der Waals surface area contributed by atoms with Crippen molar-refractivity contribution in [2.24, 2.45) is 0 Å². The molecular formula is C14H11F4N. The number of hydrogen-bond donors (Lipinski definition) is 1. The fourth-order valence-corrected chi connectivity index (χ4v) is 1.69. The van der Waals surface area contributed by atoms with Crippen LogP contribution in [-0.2, 0) is 13.1 Å². The molecule has 19 heavy (non-hydrogen) atoms. The molecule has 0 fully saturated rings. The molecule has 0 radical (unpaired) electrons. The molecule has 0 amide bonds. The maximum atomic E-state index is 13.3. The summed E-state index contributed by atoms with van der Waals surface area (Å²) in [5.41, 5.74) is 0.707. The molecule has 2 aromatic rings. The second kappa shape index (κ2) is 5.84. The Morgan fingerprint density at radius 3 is 2.05 bits per heavy atom. The summed E-state index contributed by atoms with van der Waals surface area (Å²) in [6.07, 6.45) is 0. The monoisotopic (exact) mass is 269 g/mol. The van der Waals surface area contributed by atoms with Crippen LogP contribution >= 0.6 is 0 Å². The lowest BCUT2D eigenvalue weighted by molar-refractivity contribution is 0.444. The Balaban J connectivity index is 1.98. The van der Waals surface area contributed by atoms with E-state index in [1.165, 1.54) is 6.07 Å². The van der Waals surface area contributed by atoms with Crippen LogP contribution in [0.15, 0.2) is 36.4 Å². The summed E-state index contributed by atoms with van der Waals surface area (Å²) in [4.78, 5) is 0. The molecular weight excluding hydrogens is 258 g/mol. The molecule has 0 saturated heterocycles. The summed E-state index contributed by atoms with van der Waals surface area (Å²) < 4.78 is 51.9. The molecule has 0 saturated carbocycles. The minimum atomic E-state index is -1.49. The predicted octanol–water partition coefficient (Wildman–Crippen LogP) is 3.53. The SMILES string of the molecule is Fc1ccccc1CNCc1cc(F)c(F)c(F)c1. The molecule has 0 spiro atoms. The average Bonchev–Trinajstić information content (AvgIpc) is 2.38. The lowest BCUT2D eigenvalue weighted by Gasteiger charge is -2.07. The minimum Gasteiger partial charge on any atom is -0.309 e. The van der Waals surface area contributed by atoms with E-state index in [2.05, 4.69) is 5.32 Å². The highest BCUT2D eigenvalue weighted by Crippen LogP contribution is 2.13. The molecule has 0 aliphatic rings. The van der Waals surface area contributed by atoms with Crippen molar-refractivity contribution in [3.63, 3.8) is 0 Å². The summed E-state index contributed by atoms with van der Waals surface area (Å²) in [5, 5.41) is 2.84. The number of hydrogen-bond acceptors (Lipinski definition) is 1. The Bertz CT molecular complexity index is 560. The molecule has 1 nitrogen and oxygen atoms in total. The second-order valence-electron chi connectivity index (χ2n) is 4.07. The van der Waals surface area contributed by atoms with Crippen LogP contribution in [0.5, 0.6) is 0 Å². The van der Waals surface area contributed by atoms with Gasteiger partial charge in [-0.2, -0.15) is 0 Å². The van der Waals surface area contributed by atoms with Crippen LogP contribution in [0.25, 0.3) is 0 Å². The van der Waals surface area contributed by atoms with Crippen molar-refractivity contribution in [3.05, 3.63) is 70.8 Å². The van der Waals surface area contributed by atoms with Crippen LogP contribution in [0.2, 0.25) is 0 Å². The van der Waals surface area contributed by atoms with E-state index in [1.807, 2.05) is 0 Å². The highest BCUT2D eigenvalue weighted by Gasteiger charge is 2.10. The van der Waals surface area contributed by atoms with Crippen molar-refractivity contribution >= 4 is 0 Å². The van der Waals surface area contributed by atoms with Crippen molar-refractivity contribution in [3.8, 4) is 0 Å². The maximum Gasteiger partial charge on any atom is 0.194 e. The van der Waals surface area contributed by atoms with Crippen LogP contribution in [0.3, 0.4) is 0 Å². The summed E-state index contributed by atoms with van der Waals surface area (Å²) in [6.45, 7) is 0.329. The van der Waals surface area contributed by atoms with Crippen LogP contribution in [0.4, 0.5) is 17.6 Å². The molecule has 100 valence electrons. The third kappa shape index (κ3) is 3.32. The van der Waals surface area contributed by atoms with E-state index in [9.17, 15) is 17.6 Å². The number of nitrogens with one attached hydrogen (secondary N) is 1. The van der Waals surface area contributed by atoms with Gasteiger partial charge in [-0.25, -0.2) is 17.6 Å². The Morgan fingerprint density at radius 2 is 1.42 bits per heavy atom. The third-order valence-corrected chi connectivity index (χ3v) is 2.65.